The van der Waals surface area contributed by atoms with Crippen LogP contribution in [-0.2, 0) is 19.7 Å². The highest BCUT2D eigenvalue weighted by atomic mass is 16.5. The maximum Gasteiger partial charge on any atom is 0.251 e. The van der Waals surface area contributed by atoms with Gasteiger partial charge in [0.15, 0.2) is 0 Å². The Labute approximate surface area is 212 Å². The largest absolute Gasteiger partial charge is 0.487 e. The van der Waals surface area contributed by atoms with E-state index >= 15 is 0 Å². The Morgan fingerprint density at radius 1 is 0.972 bits per heavy atom. The maximum absolute atomic E-state index is 12.7. The van der Waals surface area contributed by atoms with Crippen LogP contribution in [0, 0.1) is 6.92 Å². The molecular formula is C29H33N5O2. The van der Waals surface area contributed by atoms with Gasteiger partial charge in [-0.25, -0.2) is 4.98 Å². The number of likely N-dealkylation sites (N-methyl/N-ethyl adjacent to an activating group) is 1. The highest BCUT2D eigenvalue weighted by Crippen LogP contribution is 2.16. The van der Waals surface area contributed by atoms with Crippen LogP contribution in [0.5, 0.6) is 5.75 Å². The summed E-state index contributed by atoms with van der Waals surface area (Å²) in [6, 6.07) is 19.8. The standard InChI is InChI=1S/C29H33N5O2/c1-22-6-11-28-31-26(20-34(28)18-22)21-36-27-9-7-25(8-10-27)29(35)30-17-23-4-3-5-24(16-23)19-33-14-12-32(2)13-15-33/h3-11,16,18,20H,12-15,17,19,21H2,1-2H3,(H,30,35). The Morgan fingerprint density at radius 2 is 1.75 bits per heavy atom. The molecule has 0 radical (unpaired) electrons. The van der Waals surface area contributed by atoms with E-state index in [9.17, 15) is 4.79 Å². The van der Waals surface area contributed by atoms with E-state index in [4.69, 9.17) is 4.74 Å². The summed E-state index contributed by atoms with van der Waals surface area (Å²) in [4.78, 5) is 22.1. The fourth-order valence-corrected chi connectivity index (χ4v) is 4.47. The first-order valence-corrected chi connectivity index (χ1v) is 12.5. The minimum Gasteiger partial charge on any atom is -0.487 e. The second kappa shape index (κ2) is 10.9. The van der Waals surface area contributed by atoms with E-state index in [1.54, 1.807) is 12.1 Å². The van der Waals surface area contributed by atoms with Gasteiger partial charge < -0.3 is 19.4 Å². The average Bonchev–Trinajstić information content (AvgIpc) is 3.30. The van der Waals surface area contributed by atoms with Crippen LogP contribution in [0.3, 0.4) is 0 Å². The third-order valence-electron chi connectivity index (χ3n) is 6.60. The van der Waals surface area contributed by atoms with Gasteiger partial charge in [-0.05, 0) is 61.0 Å². The lowest BCUT2D eigenvalue weighted by atomic mass is 10.1. The second-order valence-electron chi connectivity index (χ2n) is 9.60. The van der Waals surface area contributed by atoms with Crippen molar-refractivity contribution in [1.29, 1.82) is 0 Å². The number of rotatable bonds is 8. The van der Waals surface area contributed by atoms with Crippen LogP contribution in [0.4, 0.5) is 0 Å². The molecule has 1 N–H and O–H groups in total. The number of pyridine rings is 1. The van der Waals surface area contributed by atoms with Gasteiger partial charge >= 0.3 is 0 Å². The van der Waals surface area contributed by atoms with Crippen LogP contribution < -0.4 is 10.1 Å². The van der Waals surface area contributed by atoms with Gasteiger partial charge in [-0.15, -0.1) is 0 Å². The van der Waals surface area contributed by atoms with Gasteiger partial charge in [-0.1, -0.05) is 30.3 Å². The molecule has 1 fully saturated rings. The molecular weight excluding hydrogens is 450 g/mol. The number of aromatic nitrogens is 2. The van der Waals surface area contributed by atoms with Crippen molar-refractivity contribution in [3.63, 3.8) is 0 Å². The van der Waals surface area contributed by atoms with Crippen molar-refractivity contribution in [3.05, 3.63) is 101 Å². The van der Waals surface area contributed by atoms with Gasteiger partial charge in [0, 0.05) is 57.2 Å². The number of ether oxygens (including phenoxy) is 1. The normalized spacial score (nSPS) is 14.7. The minimum absolute atomic E-state index is 0.0956. The van der Waals surface area contributed by atoms with Crippen LogP contribution in [0.2, 0.25) is 0 Å². The zero-order valence-electron chi connectivity index (χ0n) is 21.0. The molecule has 0 aliphatic carbocycles. The molecule has 0 unspecified atom stereocenters. The van der Waals surface area contributed by atoms with Crippen molar-refractivity contribution in [1.82, 2.24) is 24.5 Å². The topological polar surface area (TPSA) is 62.1 Å². The van der Waals surface area contributed by atoms with Crippen LogP contribution in [0.25, 0.3) is 5.65 Å². The lowest BCUT2D eigenvalue weighted by Crippen LogP contribution is -2.43. The Bertz CT molecular complexity index is 1320. The second-order valence-corrected chi connectivity index (χ2v) is 9.60. The quantitative estimate of drug-likeness (QED) is 0.412. The van der Waals surface area contributed by atoms with Crippen LogP contribution in [0.15, 0.2) is 73.1 Å². The van der Waals surface area contributed by atoms with Gasteiger partial charge in [0.1, 0.15) is 18.0 Å². The van der Waals surface area contributed by atoms with Gasteiger partial charge in [-0.3, -0.25) is 9.69 Å². The number of amides is 1. The van der Waals surface area contributed by atoms with Crippen molar-refractivity contribution in [2.75, 3.05) is 33.2 Å². The van der Waals surface area contributed by atoms with Crippen molar-refractivity contribution in [3.8, 4) is 5.75 Å². The molecule has 0 spiro atoms. The van der Waals surface area contributed by atoms with E-state index in [1.807, 2.05) is 41.1 Å². The molecule has 0 bridgehead atoms. The molecule has 3 heterocycles. The van der Waals surface area contributed by atoms with E-state index in [1.165, 1.54) is 11.1 Å². The Kier molecular flexibility index (Phi) is 7.30. The molecule has 0 saturated carbocycles. The lowest BCUT2D eigenvalue weighted by molar-refractivity contribution is 0.0951. The molecule has 1 amide bonds. The first kappa shape index (κ1) is 24.0. The smallest absolute Gasteiger partial charge is 0.251 e. The Balaban J connectivity index is 1.11. The summed E-state index contributed by atoms with van der Waals surface area (Å²) in [6.07, 6.45) is 4.02. The number of carbonyl (C=O) groups excluding carboxylic acids is 1. The summed E-state index contributed by atoms with van der Waals surface area (Å²) in [5, 5.41) is 3.04. The fraction of sp³-hybridized carbons (Fsp3) is 0.310. The number of nitrogens with zero attached hydrogens (tertiary/aromatic N) is 4. The molecule has 1 aliphatic rings. The number of hydrogen-bond donors (Lipinski definition) is 1. The number of hydrogen-bond acceptors (Lipinski definition) is 5. The van der Waals surface area contributed by atoms with Crippen molar-refractivity contribution in [2.45, 2.75) is 26.6 Å². The van der Waals surface area contributed by atoms with Crippen molar-refractivity contribution >= 4 is 11.6 Å². The molecule has 1 saturated heterocycles. The summed E-state index contributed by atoms with van der Waals surface area (Å²) in [5.74, 6) is 0.609. The number of nitrogens with one attached hydrogen (secondary N) is 1. The number of benzene rings is 2. The van der Waals surface area contributed by atoms with Crippen LogP contribution in [-0.4, -0.2) is 58.3 Å². The summed E-state index contributed by atoms with van der Waals surface area (Å²) in [7, 11) is 2.17. The predicted molar refractivity (Wildman–Crippen MR) is 141 cm³/mol. The van der Waals surface area contributed by atoms with E-state index < -0.39 is 0 Å². The molecule has 0 atom stereocenters. The number of fused-ring (bicyclic) bond motifs is 1. The summed E-state index contributed by atoms with van der Waals surface area (Å²) in [6.45, 7) is 8.29. The maximum atomic E-state index is 12.7. The number of carbonyl (C=O) groups is 1. The first-order chi connectivity index (χ1) is 17.5. The summed E-state index contributed by atoms with van der Waals surface area (Å²) >= 11 is 0. The lowest BCUT2D eigenvalue weighted by Gasteiger charge is -2.32. The van der Waals surface area contributed by atoms with E-state index in [0.29, 0.717) is 24.5 Å². The molecule has 1 aliphatic heterocycles. The third kappa shape index (κ3) is 6.11. The minimum atomic E-state index is -0.0956. The van der Waals surface area contributed by atoms with Crippen molar-refractivity contribution in [2.24, 2.45) is 0 Å². The van der Waals surface area contributed by atoms with Gasteiger partial charge in [0.2, 0.25) is 0 Å². The van der Waals surface area contributed by atoms with Crippen molar-refractivity contribution < 1.29 is 9.53 Å². The molecule has 4 aromatic rings. The Hall–Kier alpha value is -3.68. The predicted octanol–water partition coefficient (Wildman–Crippen LogP) is 3.90. The number of aryl methyl sites for hydroxylation is 1. The van der Waals surface area contributed by atoms with E-state index in [2.05, 4.69) is 58.3 Å². The zero-order valence-corrected chi connectivity index (χ0v) is 21.0. The van der Waals surface area contributed by atoms with E-state index in [-0.39, 0.29) is 5.91 Å². The first-order valence-electron chi connectivity index (χ1n) is 12.5. The van der Waals surface area contributed by atoms with Gasteiger partial charge in [0.05, 0.1) is 5.69 Å². The molecule has 2 aromatic heterocycles. The number of imidazole rings is 1. The molecule has 186 valence electrons. The SMILES string of the molecule is Cc1ccc2nc(COc3ccc(C(=O)NCc4cccc(CN5CCN(C)CC5)c4)cc3)cn2c1. The van der Waals surface area contributed by atoms with Gasteiger partial charge in [-0.2, -0.15) is 0 Å². The molecule has 2 aromatic carbocycles. The Morgan fingerprint density at radius 3 is 2.56 bits per heavy atom. The zero-order chi connectivity index (χ0) is 24.9. The van der Waals surface area contributed by atoms with Crippen LogP contribution >= 0.6 is 0 Å². The van der Waals surface area contributed by atoms with Crippen LogP contribution in [0.1, 0.15) is 32.7 Å². The summed E-state index contributed by atoms with van der Waals surface area (Å²) in [5.41, 5.74) is 5.94. The molecule has 36 heavy (non-hydrogen) atoms. The highest BCUT2D eigenvalue weighted by Gasteiger charge is 2.14. The summed E-state index contributed by atoms with van der Waals surface area (Å²) < 4.78 is 7.89. The number of piperazine rings is 1. The third-order valence-corrected chi connectivity index (χ3v) is 6.60. The molecule has 7 nitrogen and oxygen atoms in total. The molecule has 7 heteroatoms. The van der Waals surface area contributed by atoms with Gasteiger partial charge in [0.25, 0.3) is 5.91 Å². The monoisotopic (exact) mass is 483 g/mol. The average molecular weight is 484 g/mol. The fourth-order valence-electron chi connectivity index (χ4n) is 4.47. The van der Waals surface area contributed by atoms with E-state index in [0.717, 1.165) is 49.6 Å². The molecule has 5 rings (SSSR count). The highest BCUT2D eigenvalue weighted by molar-refractivity contribution is 5.94.